The van der Waals surface area contributed by atoms with Gasteiger partial charge in [0.2, 0.25) is 0 Å². The second-order valence-electron chi connectivity index (χ2n) is 3.77. The Bertz CT molecular complexity index is 466. The van der Waals surface area contributed by atoms with Crippen LogP contribution in [-0.4, -0.2) is 39.0 Å². The zero-order chi connectivity index (χ0) is 15.2. The van der Waals surface area contributed by atoms with Crippen LogP contribution in [-0.2, 0) is 4.74 Å². The summed E-state index contributed by atoms with van der Waals surface area (Å²) in [7, 11) is 1.40. The Hall–Kier alpha value is -1.47. The van der Waals surface area contributed by atoms with E-state index in [1.165, 1.54) is 19.2 Å². The number of ether oxygens (including phenoxy) is 2. The van der Waals surface area contributed by atoms with Gasteiger partial charge in [0, 0.05) is 11.6 Å². The molecule has 0 heterocycles. The second kappa shape index (κ2) is 7.35. The average molecular weight is 312 g/mol. The summed E-state index contributed by atoms with van der Waals surface area (Å²) >= 11 is 5.77. The second-order valence-corrected chi connectivity index (χ2v) is 4.20. The molecule has 1 N–H and O–H groups in total. The zero-order valence-electron chi connectivity index (χ0n) is 10.6. The van der Waals surface area contributed by atoms with Gasteiger partial charge in [0.15, 0.2) is 0 Å². The number of carbonyl (C=O) groups is 1. The Morgan fingerprint density at radius 2 is 2.10 bits per heavy atom. The predicted molar refractivity (Wildman–Crippen MR) is 67.2 cm³/mol. The SMILES string of the molecule is COc1ccc(Cl)cc1C(=O)NCCOCC(F)(F)F. The van der Waals surface area contributed by atoms with Crippen LogP contribution in [0.2, 0.25) is 5.02 Å². The maximum absolute atomic E-state index is 11.8. The number of hydrogen-bond donors (Lipinski definition) is 1. The van der Waals surface area contributed by atoms with Crippen LogP contribution < -0.4 is 10.1 Å². The van der Waals surface area contributed by atoms with E-state index < -0.39 is 18.7 Å². The first-order valence-corrected chi connectivity index (χ1v) is 5.97. The summed E-state index contributed by atoms with van der Waals surface area (Å²) < 4.78 is 44.8. The van der Waals surface area contributed by atoms with Gasteiger partial charge in [-0.25, -0.2) is 0 Å². The van der Waals surface area contributed by atoms with Crippen molar-refractivity contribution in [3.63, 3.8) is 0 Å². The molecule has 0 aliphatic carbocycles. The van der Waals surface area contributed by atoms with Crippen LogP contribution in [0.1, 0.15) is 10.4 Å². The normalized spacial score (nSPS) is 11.2. The predicted octanol–water partition coefficient (Wildman–Crippen LogP) is 2.66. The molecule has 0 spiro atoms. The Morgan fingerprint density at radius 3 is 2.70 bits per heavy atom. The van der Waals surface area contributed by atoms with Gasteiger partial charge in [-0.2, -0.15) is 13.2 Å². The average Bonchev–Trinajstić information content (AvgIpc) is 2.36. The van der Waals surface area contributed by atoms with Gasteiger partial charge in [-0.15, -0.1) is 0 Å². The van der Waals surface area contributed by atoms with E-state index in [9.17, 15) is 18.0 Å². The number of carbonyl (C=O) groups excluding carboxylic acids is 1. The van der Waals surface area contributed by atoms with E-state index in [1.54, 1.807) is 6.07 Å². The molecular formula is C12H13ClF3NO3. The van der Waals surface area contributed by atoms with Crippen molar-refractivity contribution in [2.75, 3.05) is 26.9 Å². The number of alkyl halides is 3. The van der Waals surface area contributed by atoms with E-state index in [4.69, 9.17) is 16.3 Å². The third-order valence-electron chi connectivity index (χ3n) is 2.20. The molecule has 0 aliphatic heterocycles. The number of methoxy groups -OCH3 is 1. The van der Waals surface area contributed by atoms with E-state index in [2.05, 4.69) is 10.1 Å². The van der Waals surface area contributed by atoms with E-state index in [0.717, 1.165) is 0 Å². The number of hydrogen-bond acceptors (Lipinski definition) is 3. The van der Waals surface area contributed by atoms with Crippen LogP contribution in [0.3, 0.4) is 0 Å². The molecule has 0 saturated heterocycles. The van der Waals surface area contributed by atoms with Gasteiger partial charge >= 0.3 is 6.18 Å². The topological polar surface area (TPSA) is 47.6 Å². The fourth-order valence-electron chi connectivity index (χ4n) is 1.38. The quantitative estimate of drug-likeness (QED) is 0.822. The van der Waals surface area contributed by atoms with E-state index >= 15 is 0 Å². The lowest BCUT2D eigenvalue weighted by atomic mass is 10.2. The van der Waals surface area contributed by atoms with Crippen molar-refractivity contribution in [3.8, 4) is 5.75 Å². The summed E-state index contributed by atoms with van der Waals surface area (Å²) in [6.07, 6.45) is -4.37. The summed E-state index contributed by atoms with van der Waals surface area (Å²) in [5.74, 6) is -0.178. The molecule has 112 valence electrons. The molecule has 0 fully saturated rings. The van der Waals surface area contributed by atoms with Crippen LogP contribution in [0.15, 0.2) is 18.2 Å². The van der Waals surface area contributed by atoms with Gasteiger partial charge in [0.05, 0.1) is 19.3 Å². The Balaban J connectivity index is 2.45. The first kappa shape index (κ1) is 16.6. The smallest absolute Gasteiger partial charge is 0.411 e. The lowest BCUT2D eigenvalue weighted by Gasteiger charge is -2.10. The van der Waals surface area contributed by atoms with Gasteiger partial charge in [-0.1, -0.05) is 11.6 Å². The molecule has 20 heavy (non-hydrogen) atoms. The molecule has 1 amide bonds. The molecule has 1 aromatic rings. The van der Waals surface area contributed by atoms with Crippen molar-refractivity contribution < 1.29 is 27.4 Å². The lowest BCUT2D eigenvalue weighted by molar-refractivity contribution is -0.173. The highest BCUT2D eigenvalue weighted by Crippen LogP contribution is 2.22. The minimum Gasteiger partial charge on any atom is -0.496 e. The number of halogens is 4. The molecule has 0 saturated carbocycles. The van der Waals surface area contributed by atoms with Crippen LogP contribution in [0.25, 0.3) is 0 Å². The van der Waals surface area contributed by atoms with Crippen molar-refractivity contribution in [2.24, 2.45) is 0 Å². The van der Waals surface area contributed by atoms with Crippen LogP contribution in [0.5, 0.6) is 5.75 Å². The standard InChI is InChI=1S/C12H13ClF3NO3/c1-19-10-3-2-8(13)6-9(10)11(18)17-4-5-20-7-12(14,15)16/h2-3,6H,4-5,7H2,1H3,(H,17,18). The number of benzene rings is 1. The Morgan fingerprint density at radius 1 is 1.40 bits per heavy atom. The van der Waals surface area contributed by atoms with Gasteiger partial charge < -0.3 is 14.8 Å². The summed E-state index contributed by atoms with van der Waals surface area (Å²) in [6, 6.07) is 4.49. The summed E-state index contributed by atoms with van der Waals surface area (Å²) in [6.45, 7) is -1.64. The van der Waals surface area contributed by atoms with Crippen LogP contribution in [0, 0.1) is 0 Å². The van der Waals surface area contributed by atoms with Crippen molar-refractivity contribution in [1.82, 2.24) is 5.32 Å². The third kappa shape index (κ3) is 5.66. The van der Waals surface area contributed by atoms with Gasteiger partial charge in [0.1, 0.15) is 12.4 Å². The van der Waals surface area contributed by atoms with Gasteiger partial charge in [-0.05, 0) is 18.2 Å². The minimum absolute atomic E-state index is 0.0510. The zero-order valence-corrected chi connectivity index (χ0v) is 11.3. The molecular weight excluding hydrogens is 299 g/mol. The molecule has 1 rings (SSSR count). The van der Waals surface area contributed by atoms with Crippen LogP contribution in [0.4, 0.5) is 13.2 Å². The number of rotatable bonds is 6. The molecule has 1 aromatic carbocycles. The first-order valence-electron chi connectivity index (χ1n) is 5.59. The van der Waals surface area contributed by atoms with Crippen molar-refractivity contribution in [2.45, 2.75) is 6.18 Å². The van der Waals surface area contributed by atoms with Crippen molar-refractivity contribution >= 4 is 17.5 Å². The van der Waals surface area contributed by atoms with Gasteiger partial charge in [-0.3, -0.25) is 4.79 Å². The summed E-state index contributed by atoms with van der Waals surface area (Å²) in [4.78, 5) is 11.8. The van der Waals surface area contributed by atoms with Crippen molar-refractivity contribution in [3.05, 3.63) is 28.8 Å². The fraction of sp³-hybridized carbons (Fsp3) is 0.417. The largest absolute Gasteiger partial charge is 0.496 e. The van der Waals surface area contributed by atoms with Gasteiger partial charge in [0.25, 0.3) is 5.91 Å². The summed E-state index contributed by atoms with van der Waals surface area (Å²) in [5.41, 5.74) is 0.204. The van der Waals surface area contributed by atoms with E-state index in [0.29, 0.717) is 10.8 Å². The molecule has 4 nitrogen and oxygen atoms in total. The fourth-order valence-corrected chi connectivity index (χ4v) is 1.55. The highest BCUT2D eigenvalue weighted by Gasteiger charge is 2.27. The Labute approximate surface area is 118 Å². The molecule has 0 aromatic heterocycles. The molecule has 8 heteroatoms. The molecule has 0 bridgehead atoms. The van der Waals surface area contributed by atoms with Crippen molar-refractivity contribution in [1.29, 1.82) is 0 Å². The highest BCUT2D eigenvalue weighted by atomic mass is 35.5. The van der Waals surface area contributed by atoms with E-state index in [1.807, 2.05) is 0 Å². The lowest BCUT2D eigenvalue weighted by Crippen LogP contribution is -2.29. The molecule has 0 unspecified atom stereocenters. The van der Waals surface area contributed by atoms with E-state index in [-0.39, 0.29) is 18.7 Å². The van der Waals surface area contributed by atoms with Crippen LogP contribution >= 0.6 is 11.6 Å². The third-order valence-corrected chi connectivity index (χ3v) is 2.44. The first-order chi connectivity index (χ1) is 9.33. The monoisotopic (exact) mass is 311 g/mol. The maximum Gasteiger partial charge on any atom is 0.411 e. The maximum atomic E-state index is 11.8. The Kier molecular flexibility index (Phi) is 6.09. The minimum atomic E-state index is -4.37. The number of nitrogens with one attached hydrogen (secondary N) is 1. The molecule has 0 radical (unpaired) electrons. The highest BCUT2D eigenvalue weighted by molar-refractivity contribution is 6.31. The summed E-state index contributed by atoms with van der Waals surface area (Å²) in [5, 5.41) is 2.77. The molecule has 0 atom stereocenters. The molecule has 0 aliphatic rings. The number of amides is 1.